The van der Waals surface area contributed by atoms with Crippen LogP contribution in [0.5, 0.6) is 0 Å². The zero-order valence-electron chi connectivity index (χ0n) is 11.1. The number of hydrogen-bond donors (Lipinski definition) is 2. The fraction of sp³-hybridized carbons (Fsp3) is 0.429. The van der Waals surface area contributed by atoms with Crippen molar-refractivity contribution in [3.63, 3.8) is 0 Å². The molecule has 6 heteroatoms. The van der Waals surface area contributed by atoms with E-state index in [0.29, 0.717) is 19.4 Å². The van der Waals surface area contributed by atoms with Crippen LogP contribution in [0.1, 0.15) is 18.4 Å². The van der Waals surface area contributed by atoms with Crippen LogP contribution in [0.4, 0.5) is 4.79 Å². The summed E-state index contributed by atoms with van der Waals surface area (Å²) >= 11 is 0. The number of carboxylic acid groups (broad SMARTS) is 1. The Morgan fingerprint density at radius 2 is 2.05 bits per heavy atom. The van der Waals surface area contributed by atoms with Crippen molar-refractivity contribution in [2.24, 2.45) is 5.73 Å². The van der Waals surface area contributed by atoms with Crippen LogP contribution < -0.4 is 5.73 Å². The number of carbonyl (C=O) groups is 2. The van der Waals surface area contributed by atoms with Crippen molar-refractivity contribution in [1.82, 2.24) is 4.90 Å². The second-order valence-electron chi connectivity index (χ2n) is 5.03. The van der Waals surface area contributed by atoms with Gasteiger partial charge < -0.3 is 20.5 Å². The molecule has 1 fully saturated rings. The van der Waals surface area contributed by atoms with E-state index in [2.05, 4.69) is 0 Å². The normalized spacial score (nSPS) is 22.4. The topological polar surface area (TPSA) is 92.9 Å². The number of aliphatic carboxylic acids is 1. The van der Waals surface area contributed by atoms with E-state index in [1.54, 1.807) is 0 Å². The van der Waals surface area contributed by atoms with Gasteiger partial charge in [-0.05, 0) is 18.4 Å². The van der Waals surface area contributed by atoms with E-state index in [9.17, 15) is 9.59 Å². The lowest BCUT2D eigenvalue weighted by atomic mass is 9.90. The summed E-state index contributed by atoms with van der Waals surface area (Å²) in [7, 11) is 0. The van der Waals surface area contributed by atoms with E-state index >= 15 is 0 Å². The molecule has 20 heavy (non-hydrogen) atoms. The third kappa shape index (κ3) is 3.27. The van der Waals surface area contributed by atoms with E-state index in [-0.39, 0.29) is 13.2 Å². The molecule has 1 aromatic rings. The molecule has 1 aliphatic heterocycles. The Hall–Kier alpha value is -2.08. The highest BCUT2D eigenvalue weighted by atomic mass is 16.6. The second-order valence-corrected chi connectivity index (χ2v) is 5.03. The quantitative estimate of drug-likeness (QED) is 0.866. The first kappa shape index (κ1) is 14.3. The molecule has 1 aliphatic rings. The number of ether oxygens (including phenoxy) is 1. The van der Waals surface area contributed by atoms with Gasteiger partial charge in [-0.3, -0.25) is 4.79 Å². The highest BCUT2D eigenvalue weighted by Gasteiger charge is 2.40. The summed E-state index contributed by atoms with van der Waals surface area (Å²) in [5.41, 5.74) is 5.30. The molecule has 0 aliphatic carbocycles. The maximum Gasteiger partial charge on any atom is 0.410 e. The van der Waals surface area contributed by atoms with Crippen LogP contribution in [0.25, 0.3) is 0 Å². The number of rotatable bonds is 3. The molecule has 1 aromatic carbocycles. The third-order valence-electron chi connectivity index (χ3n) is 3.41. The Labute approximate surface area is 117 Å². The largest absolute Gasteiger partial charge is 0.480 e. The molecule has 108 valence electrons. The van der Waals surface area contributed by atoms with Gasteiger partial charge in [0.05, 0.1) is 6.54 Å². The molecule has 1 amide bonds. The Morgan fingerprint density at radius 3 is 2.70 bits per heavy atom. The van der Waals surface area contributed by atoms with Crippen molar-refractivity contribution in [3.8, 4) is 0 Å². The summed E-state index contributed by atoms with van der Waals surface area (Å²) in [6.07, 6.45) is 0.401. The lowest BCUT2D eigenvalue weighted by molar-refractivity contribution is -0.145. The lowest BCUT2D eigenvalue weighted by Gasteiger charge is -2.36. The summed E-state index contributed by atoms with van der Waals surface area (Å²) in [6.45, 7) is 0.622. The number of carboxylic acids is 1. The number of nitrogens with two attached hydrogens (primary N) is 1. The molecule has 2 rings (SSSR count). The van der Waals surface area contributed by atoms with Crippen LogP contribution in [0, 0.1) is 0 Å². The summed E-state index contributed by atoms with van der Waals surface area (Å²) in [4.78, 5) is 24.4. The Balaban J connectivity index is 1.91. The third-order valence-corrected chi connectivity index (χ3v) is 3.41. The van der Waals surface area contributed by atoms with Gasteiger partial charge >= 0.3 is 12.1 Å². The molecular formula is C14H18N2O4. The summed E-state index contributed by atoms with van der Waals surface area (Å²) in [5.74, 6) is -1.09. The van der Waals surface area contributed by atoms with Crippen LogP contribution in [0.2, 0.25) is 0 Å². The minimum absolute atomic E-state index is 0.0179. The number of piperidine rings is 1. The zero-order valence-corrected chi connectivity index (χ0v) is 11.1. The first-order chi connectivity index (χ1) is 9.51. The number of carbonyl (C=O) groups excluding carboxylic acids is 1. The van der Waals surface area contributed by atoms with Gasteiger partial charge in [0.1, 0.15) is 12.1 Å². The molecular weight excluding hydrogens is 260 g/mol. The summed E-state index contributed by atoms with van der Waals surface area (Å²) < 4.78 is 5.18. The van der Waals surface area contributed by atoms with Gasteiger partial charge in [0.2, 0.25) is 0 Å². The molecule has 1 heterocycles. The first-order valence-electron chi connectivity index (χ1n) is 6.49. The number of nitrogens with zero attached hydrogens (tertiary/aromatic N) is 1. The fourth-order valence-corrected chi connectivity index (χ4v) is 2.23. The van der Waals surface area contributed by atoms with Gasteiger partial charge in [0, 0.05) is 6.54 Å². The van der Waals surface area contributed by atoms with Crippen molar-refractivity contribution in [2.75, 3.05) is 13.1 Å². The molecule has 3 N–H and O–H groups in total. The SMILES string of the molecule is NC1(C(=O)O)CCCN(C(=O)OCc2ccccc2)C1. The highest BCUT2D eigenvalue weighted by molar-refractivity contribution is 5.80. The van der Waals surface area contributed by atoms with Crippen LogP contribution in [0.15, 0.2) is 30.3 Å². The average molecular weight is 278 g/mol. The predicted molar refractivity (Wildman–Crippen MR) is 72.0 cm³/mol. The Bertz CT molecular complexity index is 491. The lowest BCUT2D eigenvalue weighted by Crippen LogP contribution is -2.60. The van der Waals surface area contributed by atoms with Crippen LogP contribution in [-0.2, 0) is 16.1 Å². The van der Waals surface area contributed by atoms with Gasteiger partial charge in [-0.25, -0.2) is 4.79 Å². The van der Waals surface area contributed by atoms with Crippen molar-refractivity contribution >= 4 is 12.1 Å². The van der Waals surface area contributed by atoms with E-state index < -0.39 is 17.6 Å². The van der Waals surface area contributed by atoms with Crippen molar-refractivity contribution in [2.45, 2.75) is 25.0 Å². The molecule has 1 atom stereocenters. The van der Waals surface area contributed by atoms with Crippen LogP contribution >= 0.6 is 0 Å². The molecule has 0 radical (unpaired) electrons. The van der Waals surface area contributed by atoms with Crippen molar-refractivity contribution < 1.29 is 19.4 Å². The summed E-state index contributed by atoms with van der Waals surface area (Å²) in [5, 5.41) is 9.10. The number of likely N-dealkylation sites (tertiary alicyclic amines) is 1. The fourth-order valence-electron chi connectivity index (χ4n) is 2.23. The molecule has 0 aromatic heterocycles. The Kier molecular flexibility index (Phi) is 4.24. The molecule has 1 unspecified atom stereocenters. The molecule has 6 nitrogen and oxygen atoms in total. The van der Waals surface area contributed by atoms with Gasteiger partial charge in [-0.2, -0.15) is 0 Å². The van der Waals surface area contributed by atoms with Crippen molar-refractivity contribution in [3.05, 3.63) is 35.9 Å². The minimum atomic E-state index is -1.37. The van der Waals surface area contributed by atoms with Gasteiger partial charge in [0.25, 0.3) is 0 Å². The molecule has 1 saturated heterocycles. The molecule has 0 spiro atoms. The maximum absolute atomic E-state index is 11.9. The van der Waals surface area contributed by atoms with Crippen molar-refractivity contribution in [1.29, 1.82) is 0 Å². The van der Waals surface area contributed by atoms with E-state index in [4.69, 9.17) is 15.6 Å². The van der Waals surface area contributed by atoms with E-state index in [0.717, 1.165) is 5.56 Å². The monoisotopic (exact) mass is 278 g/mol. The number of hydrogen-bond acceptors (Lipinski definition) is 4. The first-order valence-corrected chi connectivity index (χ1v) is 6.49. The Morgan fingerprint density at radius 1 is 1.35 bits per heavy atom. The van der Waals surface area contributed by atoms with E-state index in [1.165, 1.54) is 4.90 Å². The number of amides is 1. The molecule has 0 bridgehead atoms. The van der Waals surface area contributed by atoms with Gasteiger partial charge in [0.15, 0.2) is 0 Å². The smallest absolute Gasteiger partial charge is 0.410 e. The predicted octanol–water partition coefficient (Wildman–Crippen LogP) is 1.20. The van der Waals surface area contributed by atoms with E-state index in [1.807, 2.05) is 30.3 Å². The zero-order chi connectivity index (χ0) is 14.6. The van der Waals surface area contributed by atoms with Crippen LogP contribution in [-0.4, -0.2) is 40.7 Å². The second kappa shape index (κ2) is 5.92. The summed E-state index contributed by atoms with van der Waals surface area (Å²) in [6, 6.07) is 9.31. The van der Waals surface area contributed by atoms with Gasteiger partial charge in [-0.1, -0.05) is 30.3 Å². The highest BCUT2D eigenvalue weighted by Crippen LogP contribution is 2.20. The molecule has 0 saturated carbocycles. The maximum atomic E-state index is 11.9. The standard InChI is InChI=1S/C14H18N2O4/c15-14(12(17)18)7-4-8-16(10-14)13(19)20-9-11-5-2-1-3-6-11/h1-3,5-6H,4,7-10,15H2,(H,17,18). The minimum Gasteiger partial charge on any atom is -0.480 e. The van der Waals surface area contributed by atoms with Gasteiger partial charge in [-0.15, -0.1) is 0 Å². The number of benzene rings is 1. The average Bonchev–Trinajstić information content (AvgIpc) is 2.46. The van der Waals surface area contributed by atoms with Crippen LogP contribution in [0.3, 0.4) is 0 Å².